The molecule has 5 nitrogen and oxygen atoms in total. The zero-order valence-electron chi connectivity index (χ0n) is 30.7. The van der Waals surface area contributed by atoms with Gasteiger partial charge in [-0.1, -0.05) is 176 Å². The van der Waals surface area contributed by atoms with E-state index in [0.29, 0.717) is 17.5 Å². The minimum absolute atomic E-state index is 0.633. The zero-order valence-corrected chi connectivity index (χ0v) is 30.7. The van der Waals surface area contributed by atoms with Crippen LogP contribution >= 0.6 is 0 Å². The Bertz CT molecular complexity index is 3190. The lowest BCUT2D eigenvalue weighted by Crippen LogP contribution is -2.00. The predicted molar refractivity (Wildman–Crippen MR) is 233 cm³/mol. The maximum atomic E-state index is 6.59. The summed E-state index contributed by atoms with van der Waals surface area (Å²) in [5.41, 5.74) is 12.0. The normalized spacial score (nSPS) is 11.5. The molecule has 0 spiro atoms. The van der Waals surface area contributed by atoms with E-state index in [-0.39, 0.29) is 0 Å². The highest BCUT2D eigenvalue weighted by atomic mass is 16.3. The quantitative estimate of drug-likeness (QED) is 0.160. The van der Waals surface area contributed by atoms with Gasteiger partial charge >= 0.3 is 0 Å². The standard InChI is InChI=1S/C52H32N4O/c1-4-14-36(15-5-1)49-42-32-45-48(41-21-11-13-23-44(41)57-45)46(47(42)40-20-10-12-22-43(40)53-49)35-28-24-33(25-29-35)34-26-30-39(31-27-34)52-55-50(37-16-6-2-7-17-37)54-51(56-52)38-18-8-3-9-19-38/h1-32H. The maximum Gasteiger partial charge on any atom is 0.164 e. The van der Waals surface area contributed by atoms with Crippen molar-refractivity contribution in [3.05, 3.63) is 194 Å². The number of para-hydroxylation sites is 2. The van der Waals surface area contributed by atoms with Crippen molar-refractivity contribution < 1.29 is 4.42 Å². The van der Waals surface area contributed by atoms with E-state index < -0.39 is 0 Å². The van der Waals surface area contributed by atoms with Crippen molar-refractivity contribution in [1.82, 2.24) is 19.9 Å². The highest BCUT2D eigenvalue weighted by Gasteiger charge is 2.22. The van der Waals surface area contributed by atoms with Gasteiger partial charge in [-0.25, -0.2) is 19.9 Å². The molecule has 266 valence electrons. The van der Waals surface area contributed by atoms with Crippen LogP contribution in [0.2, 0.25) is 0 Å². The number of hydrogen-bond acceptors (Lipinski definition) is 5. The van der Waals surface area contributed by atoms with Gasteiger partial charge in [-0.15, -0.1) is 0 Å². The summed E-state index contributed by atoms with van der Waals surface area (Å²) in [5, 5.41) is 5.53. The van der Waals surface area contributed by atoms with Crippen molar-refractivity contribution in [3.8, 4) is 67.7 Å². The number of pyridine rings is 1. The summed E-state index contributed by atoms with van der Waals surface area (Å²) >= 11 is 0. The van der Waals surface area contributed by atoms with Gasteiger partial charge in [0, 0.05) is 54.7 Å². The van der Waals surface area contributed by atoms with E-state index in [4.69, 9.17) is 24.4 Å². The molecule has 0 unspecified atom stereocenters. The van der Waals surface area contributed by atoms with Crippen molar-refractivity contribution in [2.75, 3.05) is 0 Å². The second kappa shape index (κ2) is 13.5. The zero-order chi connectivity index (χ0) is 37.7. The van der Waals surface area contributed by atoms with Gasteiger partial charge in [0.05, 0.1) is 11.2 Å². The largest absolute Gasteiger partial charge is 0.456 e. The van der Waals surface area contributed by atoms with Crippen molar-refractivity contribution in [1.29, 1.82) is 0 Å². The summed E-state index contributed by atoms with van der Waals surface area (Å²) in [6.45, 7) is 0. The molecule has 3 aromatic heterocycles. The first-order chi connectivity index (χ1) is 28.2. The third-order valence-electron chi connectivity index (χ3n) is 10.7. The molecule has 8 aromatic carbocycles. The Morgan fingerprint density at radius 2 is 0.754 bits per heavy atom. The minimum Gasteiger partial charge on any atom is -0.456 e. The van der Waals surface area contributed by atoms with E-state index in [1.165, 1.54) is 0 Å². The molecule has 0 fully saturated rings. The van der Waals surface area contributed by atoms with Crippen LogP contribution in [0.4, 0.5) is 0 Å². The number of hydrogen-bond donors (Lipinski definition) is 0. The van der Waals surface area contributed by atoms with E-state index in [1.807, 2.05) is 78.9 Å². The molecule has 0 aliphatic rings. The molecular formula is C52H32N4O. The number of fused-ring (bicyclic) bond motifs is 6. The molecule has 11 aromatic rings. The molecule has 11 rings (SSSR count). The van der Waals surface area contributed by atoms with E-state index in [2.05, 4.69) is 115 Å². The van der Waals surface area contributed by atoms with E-state index >= 15 is 0 Å². The molecule has 0 radical (unpaired) electrons. The lowest BCUT2D eigenvalue weighted by Gasteiger charge is -2.16. The van der Waals surface area contributed by atoms with E-state index in [1.54, 1.807) is 0 Å². The van der Waals surface area contributed by atoms with Crippen molar-refractivity contribution in [2.45, 2.75) is 0 Å². The Labute approximate surface area is 328 Å². The Kier molecular flexibility index (Phi) is 7.74. The molecular weight excluding hydrogens is 697 g/mol. The van der Waals surface area contributed by atoms with Crippen LogP contribution in [0.15, 0.2) is 199 Å². The van der Waals surface area contributed by atoms with Crippen LogP contribution in [0, 0.1) is 0 Å². The molecule has 3 heterocycles. The number of rotatable bonds is 6. The molecule has 5 heteroatoms. The van der Waals surface area contributed by atoms with Crippen molar-refractivity contribution in [2.24, 2.45) is 0 Å². The van der Waals surface area contributed by atoms with Gasteiger partial charge < -0.3 is 4.42 Å². The first kappa shape index (κ1) is 32.7. The van der Waals surface area contributed by atoms with Crippen LogP contribution in [0.25, 0.3) is 111 Å². The van der Waals surface area contributed by atoms with Crippen LogP contribution < -0.4 is 0 Å². The van der Waals surface area contributed by atoms with Crippen molar-refractivity contribution in [3.63, 3.8) is 0 Å². The Morgan fingerprint density at radius 1 is 0.298 bits per heavy atom. The molecule has 0 aliphatic carbocycles. The first-order valence-corrected chi connectivity index (χ1v) is 19.1. The van der Waals surface area contributed by atoms with Gasteiger partial charge in [0.25, 0.3) is 0 Å². The summed E-state index contributed by atoms with van der Waals surface area (Å²) in [6.07, 6.45) is 0. The van der Waals surface area contributed by atoms with E-state index in [0.717, 1.165) is 93.8 Å². The maximum absolute atomic E-state index is 6.59. The third kappa shape index (κ3) is 5.72. The van der Waals surface area contributed by atoms with Gasteiger partial charge in [-0.05, 0) is 34.9 Å². The highest BCUT2D eigenvalue weighted by Crippen LogP contribution is 2.46. The van der Waals surface area contributed by atoms with Gasteiger partial charge in [0.1, 0.15) is 11.2 Å². The Hall–Kier alpha value is -7.76. The van der Waals surface area contributed by atoms with Gasteiger partial charge in [0.15, 0.2) is 17.5 Å². The lowest BCUT2D eigenvalue weighted by molar-refractivity contribution is 0.669. The third-order valence-corrected chi connectivity index (χ3v) is 10.7. The molecule has 0 saturated carbocycles. The van der Waals surface area contributed by atoms with Crippen LogP contribution in [0.5, 0.6) is 0 Å². The number of benzene rings is 8. The molecule has 0 amide bonds. The van der Waals surface area contributed by atoms with Crippen LogP contribution in [0.1, 0.15) is 0 Å². The topological polar surface area (TPSA) is 64.7 Å². The van der Waals surface area contributed by atoms with Crippen LogP contribution in [-0.2, 0) is 0 Å². The highest BCUT2D eigenvalue weighted by molar-refractivity contribution is 6.27. The summed E-state index contributed by atoms with van der Waals surface area (Å²) in [7, 11) is 0. The number of nitrogens with zero attached hydrogens (tertiary/aromatic N) is 4. The van der Waals surface area contributed by atoms with Crippen LogP contribution in [0.3, 0.4) is 0 Å². The summed E-state index contributed by atoms with van der Waals surface area (Å²) in [4.78, 5) is 19.9. The van der Waals surface area contributed by atoms with Crippen LogP contribution in [-0.4, -0.2) is 19.9 Å². The minimum atomic E-state index is 0.633. The number of aromatic nitrogens is 4. The monoisotopic (exact) mass is 728 g/mol. The SMILES string of the molecule is c1ccc(-c2nc(-c3ccccc3)nc(-c3ccc(-c4ccc(-c5c6c(cc7c(-c8ccccc8)nc8ccccc8c57)oc5ccccc56)cc4)cc3)n2)cc1. The fourth-order valence-electron chi connectivity index (χ4n) is 8.00. The second-order valence-electron chi connectivity index (χ2n) is 14.2. The number of furan rings is 1. The van der Waals surface area contributed by atoms with Gasteiger partial charge in [-0.2, -0.15) is 0 Å². The summed E-state index contributed by atoms with van der Waals surface area (Å²) in [5.74, 6) is 1.92. The van der Waals surface area contributed by atoms with Crippen molar-refractivity contribution >= 4 is 43.6 Å². The molecule has 0 N–H and O–H groups in total. The molecule has 0 bridgehead atoms. The van der Waals surface area contributed by atoms with Gasteiger partial charge in [0.2, 0.25) is 0 Å². The summed E-state index contributed by atoms with van der Waals surface area (Å²) in [6, 6.07) is 66.9. The fraction of sp³-hybridized carbons (Fsp3) is 0. The van der Waals surface area contributed by atoms with Gasteiger partial charge in [-0.3, -0.25) is 0 Å². The van der Waals surface area contributed by atoms with E-state index in [9.17, 15) is 0 Å². The average Bonchev–Trinajstić information content (AvgIpc) is 3.67. The summed E-state index contributed by atoms with van der Waals surface area (Å²) < 4.78 is 6.59. The lowest BCUT2D eigenvalue weighted by atomic mass is 9.89. The Balaban J connectivity index is 1.04. The average molecular weight is 729 g/mol. The Morgan fingerprint density at radius 3 is 1.35 bits per heavy atom. The second-order valence-corrected chi connectivity index (χ2v) is 14.2. The predicted octanol–water partition coefficient (Wildman–Crippen LogP) is 13.5. The smallest absolute Gasteiger partial charge is 0.164 e. The molecule has 57 heavy (non-hydrogen) atoms. The first-order valence-electron chi connectivity index (χ1n) is 19.1. The fourth-order valence-corrected chi connectivity index (χ4v) is 8.00. The molecule has 0 atom stereocenters. The molecule has 0 aliphatic heterocycles. The molecule has 0 saturated heterocycles.